The average Bonchev–Trinajstić information content (AvgIpc) is 3.00. The lowest BCUT2D eigenvalue weighted by Crippen LogP contribution is -2.34. The average molecular weight is 361 g/mol. The number of fused-ring (bicyclic) bond motifs is 1. The van der Waals surface area contributed by atoms with E-state index in [1.54, 1.807) is 0 Å². The first kappa shape index (κ1) is 16.8. The zero-order valence-corrected chi connectivity index (χ0v) is 13.2. The van der Waals surface area contributed by atoms with Gasteiger partial charge in [0, 0.05) is 0 Å². The van der Waals surface area contributed by atoms with E-state index in [0.29, 0.717) is 0 Å². The fourth-order valence-corrected chi connectivity index (χ4v) is 2.80. The second kappa shape index (κ2) is 5.78. The molecule has 5 N–H and O–H groups in total. The molecule has 0 radical (unpaired) electrons. The molecule has 2 aromatic heterocycles. The largest absolute Gasteiger partial charge is 0.387 e. The van der Waals surface area contributed by atoms with Crippen LogP contribution in [0.2, 0.25) is 0 Å². The minimum Gasteiger partial charge on any atom is -0.387 e. The van der Waals surface area contributed by atoms with Crippen molar-refractivity contribution < 1.29 is 27.6 Å². The maximum atomic E-state index is 11.8. The van der Waals surface area contributed by atoms with Crippen LogP contribution in [0.4, 0.5) is 5.95 Å². The van der Waals surface area contributed by atoms with Crippen molar-refractivity contribution in [2.24, 2.45) is 0 Å². The van der Waals surface area contributed by atoms with E-state index in [1.165, 1.54) is 10.9 Å². The Hall–Kier alpha value is -2.06. The van der Waals surface area contributed by atoms with Crippen LogP contribution in [0.15, 0.2) is 11.1 Å². The number of anilines is 1. The zero-order valence-electron chi connectivity index (χ0n) is 12.4. The van der Waals surface area contributed by atoms with Crippen LogP contribution in [0.5, 0.6) is 0 Å². The van der Waals surface area contributed by atoms with Crippen molar-refractivity contribution in [1.29, 1.82) is 0 Å². The maximum Gasteiger partial charge on any atom is 0.280 e. The Morgan fingerprint density at radius 1 is 1.46 bits per heavy atom. The van der Waals surface area contributed by atoms with Gasteiger partial charge in [0.2, 0.25) is 5.95 Å². The van der Waals surface area contributed by atoms with Gasteiger partial charge in [-0.1, -0.05) is 0 Å². The van der Waals surface area contributed by atoms with Crippen molar-refractivity contribution >= 4 is 27.2 Å². The number of ether oxygens (including phenoxy) is 1. The molecule has 0 bridgehead atoms. The number of nitrogens with one attached hydrogen (secondary N) is 1. The van der Waals surface area contributed by atoms with Crippen molar-refractivity contribution in [3.05, 3.63) is 16.7 Å². The molecule has 0 aromatic carbocycles. The second-order valence-electron chi connectivity index (χ2n) is 5.31. The van der Waals surface area contributed by atoms with Crippen LogP contribution in [-0.4, -0.2) is 69.3 Å². The Balaban J connectivity index is 1.91. The molecule has 1 aliphatic rings. The fraction of sp³-hybridized carbons (Fsp3) is 0.545. The number of hydrogen-bond acceptors (Lipinski definition) is 10. The highest BCUT2D eigenvalue weighted by Crippen LogP contribution is 2.31. The number of aliphatic hydroxyl groups excluding tert-OH is 2. The predicted molar refractivity (Wildman–Crippen MR) is 79.3 cm³/mol. The third-order valence-electron chi connectivity index (χ3n) is 3.51. The molecule has 0 spiro atoms. The highest BCUT2D eigenvalue weighted by molar-refractivity contribution is 7.85. The molecule has 0 unspecified atom stereocenters. The normalized spacial score (nSPS) is 27.8. The third-order valence-corrected chi connectivity index (χ3v) is 4.07. The van der Waals surface area contributed by atoms with E-state index in [2.05, 4.69) is 19.1 Å². The summed E-state index contributed by atoms with van der Waals surface area (Å²) in [5.74, 6) is -0.153. The minimum atomic E-state index is -3.74. The quantitative estimate of drug-likeness (QED) is 0.418. The van der Waals surface area contributed by atoms with E-state index in [0.717, 1.165) is 6.26 Å². The van der Waals surface area contributed by atoms with Crippen LogP contribution in [0.1, 0.15) is 6.23 Å². The summed E-state index contributed by atoms with van der Waals surface area (Å²) in [5.41, 5.74) is 4.95. The number of nitrogens with zero attached hydrogens (tertiary/aromatic N) is 3. The van der Waals surface area contributed by atoms with Gasteiger partial charge in [-0.2, -0.15) is 13.4 Å². The number of imidazole rings is 1. The van der Waals surface area contributed by atoms with E-state index in [4.69, 9.17) is 10.5 Å². The molecule has 13 heteroatoms. The number of aliphatic hydroxyl groups is 2. The summed E-state index contributed by atoms with van der Waals surface area (Å²) >= 11 is 0. The molecule has 0 aliphatic carbocycles. The van der Waals surface area contributed by atoms with E-state index >= 15 is 0 Å². The Morgan fingerprint density at radius 2 is 2.17 bits per heavy atom. The summed E-state index contributed by atoms with van der Waals surface area (Å²) in [6.07, 6.45) is -3.02. The Kier molecular flexibility index (Phi) is 4.05. The summed E-state index contributed by atoms with van der Waals surface area (Å²) < 4.78 is 33.3. The number of nitrogens with two attached hydrogens (primary N) is 1. The van der Waals surface area contributed by atoms with Gasteiger partial charge in [0.15, 0.2) is 17.4 Å². The molecule has 2 aromatic rings. The number of aromatic amines is 1. The number of H-pyrrole nitrogens is 1. The van der Waals surface area contributed by atoms with Gasteiger partial charge in [0.1, 0.15) is 18.3 Å². The van der Waals surface area contributed by atoms with Gasteiger partial charge in [-0.3, -0.25) is 18.5 Å². The summed E-state index contributed by atoms with van der Waals surface area (Å²) in [5, 5.41) is 20.2. The highest BCUT2D eigenvalue weighted by atomic mass is 32.2. The zero-order chi connectivity index (χ0) is 17.6. The molecule has 132 valence electrons. The van der Waals surface area contributed by atoms with Crippen molar-refractivity contribution in [3.8, 4) is 0 Å². The molecule has 3 rings (SSSR count). The van der Waals surface area contributed by atoms with Gasteiger partial charge in [-0.15, -0.1) is 0 Å². The number of rotatable bonds is 4. The Morgan fingerprint density at radius 3 is 2.83 bits per heavy atom. The fourth-order valence-electron chi connectivity index (χ4n) is 2.42. The van der Waals surface area contributed by atoms with Gasteiger partial charge >= 0.3 is 0 Å². The van der Waals surface area contributed by atoms with Crippen molar-refractivity contribution in [3.63, 3.8) is 0 Å². The summed E-state index contributed by atoms with van der Waals surface area (Å²) in [7, 11) is -3.74. The first-order valence-electron chi connectivity index (χ1n) is 6.75. The van der Waals surface area contributed by atoms with Crippen LogP contribution >= 0.6 is 0 Å². The maximum absolute atomic E-state index is 11.8. The van der Waals surface area contributed by atoms with E-state index in [1.807, 2.05) is 0 Å². The van der Waals surface area contributed by atoms with E-state index in [-0.39, 0.29) is 17.1 Å². The van der Waals surface area contributed by atoms with Gasteiger partial charge in [0.05, 0.1) is 19.2 Å². The molecule has 3 heterocycles. The van der Waals surface area contributed by atoms with Crippen LogP contribution in [-0.2, 0) is 19.0 Å². The Labute approximate surface area is 135 Å². The van der Waals surface area contributed by atoms with Gasteiger partial charge in [-0.05, 0) is 0 Å². The van der Waals surface area contributed by atoms with Crippen molar-refractivity contribution in [1.82, 2.24) is 19.5 Å². The molecule has 0 amide bonds. The van der Waals surface area contributed by atoms with Crippen molar-refractivity contribution in [2.75, 3.05) is 18.6 Å². The molecule has 24 heavy (non-hydrogen) atoms. The summed E-state index contributed by atoms with van der Waals surface area (Å²) in [6.45, 7) is -0.476. The summed E-state index contributed by atoms with van der Waals surface area (Å²) in [6, 6.07) is 0. The lowest BCUT2D eigenvalue weighted by atomic mass is 10.1. The predicted octanol–water partition coefficient (Wildman–Crippen LogP) is -2.70. The molecule has 0 saturated carbocycles. The minimum absolute atomic E-state index is 0.0228. The van der Waals surface area contributed by atoms with Gasteiger partial charge < -0.3 is 20.7 Å². The van der Waals surface area contributed by atoms with Crippen LogP contribution in [0.3, 0.4) is 0 Å². The number of hydrogen-bond donors (Lipinski definition) is 4. The van der Waals surface area contributed by atoms with Crippen LogP contribution in [0.25, 0.3) is 11.2 Å². The number of aromatic nitrogens is 4. The molecule has 12 nitrogen and oxygen atoms in total. The lowest BCUT2D eigenvalue weighted by molar-refractivity contribution is -0.0466. The monoisotopic (exact) mass is 361 g/mol. The SMILES string of the molecule is CS(=O)(=O)OC[C@H]1O[C@@H](n2cnc3c(=O)[nH]c(N)nc32)[C@@H](O)[C@@H]1O. The van der Waals surface area contributed by atoms with E-state index in [9.17, 15) is 23.4 Å². The standard InChI is InChI=1S/C11H15N5O7S/c1-24(20,21)22-2-4-6(17)7(18)10(23-4)16-3-13-5-8(16)14-11(12)15-9(5)19/h3-4,6-7,10,17-18H,2H2,1H3,(H3,12,14,15,19)/t4-,6-,7+,10-/m1/s1. The molecule has 1 aliphatic heterocycles. The summed E-state index contributed by atoms with van der Waals surface area (Å²) in [4.78, 5) is 21.8. The third kappa shape index (κ3) is 2.99. The van der Waals surface area contributed by atoms with Crippen molar-refractivity contribution in [2.45, 2.75) is 24.5 Å². The topological polar surface area (TPSA) is 183 Å². The second-order valence-corrected chi connectivity index (χ2v) is 6.95. The number of nitrogen functional groups attached to an aromatic ring is 1. The lowest BCUT2D eigenvalue weighted by Gasteiger charge is -2.16. The molecular weight excluding hydrogens is 346 g/mol. The first-order valence-corrected chi connectivity index (χ1v) is 8.57. The molecule has 1 saturated heterocycles. The first-order chi connectivity index (χ1) is 11.2. The Bertz CT molecular complexity index is 922. The van der Waals surface area contributed by atoms with Gasteiger partial charge in [0.25, 0.3) is 15.7 Å². The molecule has 1 fully saturated rings. The van der Waals surface area contributed by atoms with Crippen LogP contribution in [0, 0.1) is 0 Å². The van der Waals surface area contributed by atoms with E-state index < -0.39 is 46.8 Å². The highest BCUT2D eigenvalue weighted by Gasteiger charge is 2.44. The van der Waals surface area contributed by atoms with Crippen LogP contribution < -0.4 is 11.3 Å². The van der Waals surface area contributed by atoms with Gasteiger partial charge in [-0.25, -0.2) is 4.98 Å². The molecule has 4 atom stereocenters. The molecular formula is C11H15N5O7S. The smallest absolute Gasteiger partial charge is 0.280 e.